The normalized spacial score (nSPS) is 16.4. The van der Waals surface area contributed by atoms with E-state index in [-0.39, 0.29) is 34.7 Å². The SMILES string of the molecule is C=CCN1CCOc2c(F)cc(-c3nc(Nc4ccc(C5CCN(C)CC5)c(F)c4)ncc3F)cc21. The molecule has 2 aromatic carbocycles. The van der Waals surface area contributed by atoms with E-state index in [1.165, 1.54) is 12.1 Å². The Kier molecular flexibility index (Phi) is 6.82. The van der Waals surface area contributed by atoms with Crippen LogP contribution in [0.3, 0.4) is 0 Å². The fraction of sp³-hybridized carbons (Fsp3) is 0.333. The van der Waals surface area contributed by atoms with E-state index in [9.17, 15) is 13.2 Å². The van der Waals surface area contributed by atoms with Crippen molar-refractivity contribution in [2.24, 2.45) is 0 Å². The Morgan fingerprint density at radius 2 is 1.89 bits per heavy atom. The summed E-state index contributed by atoms with van der Waals surface area (Å²) in [5.41, 5.74) is 1.84. The molecule has 1 aromatic heterocycles. The highest BCUT2D eigenvalue weighted by Gasteiger charge is 2.24. The number of rotatable bonds is 6. The molecule has 1 fully saturated rings. The molecule has 188 valence electrons. The molecule has 5 rings (SSSR count). The van der Waals surface area contributed by atoms with Gasteiger partial charge in [0.15, 0.2) is 17.4 Å². The Morgan fingerprint density at radius 3 is 2.64 bits per heavy atom. The quantitative estimate of drug-likeness (QED) is 0.456. The van der Waals surface area contributed by atoms with Crippen molar-refractivity contribution >= 4 is 17.3 Å². The highest BCUT2D eigenvalue weighted by molar-refractivity contribution is 5.73. The number of aromatic nitrogens is 2. The molecule has 0 spiro atoms. The lowest BCUT2D eigenvalue weighted by molar-refractivity contribution is 0.253. The van der Waals surface area contributed by atoms with Crippen LogP contribution < -0.4 is 15.0 Å². The molecule has 2 aliphatic rings. The maximum Gasteiger partial charge on any atom is 0.227 e. The monoisotopic (exact) mass is 495 g/mol. The van der Waals surface area contributed by atoms with Crippen LogP contribution in [-0.4, -0.2) is 54.7 Å². The van der Waals surface area contributed by atoms with Crippen LogP contribution in [0.1, 0.15) is 24.3 Å². The highest BCUT2D eigenvalue weighted by atomic mass is 19.1. The van der Waals surface area contributed by atoms with Crippen LogP contribution in [0.2, 0.25) is 0 Å². The number of piperidine rings is 1. The first kappa shape index (κ1) is 24.1. The topological polar surface area (TPSA) is 53.5 Å². The van der Waals surface area contributed by atoms with Gasteiger partial charge in [-0.25, -0.2) is 23.1 Å². The molecule has 0 saturated carbocycles. The van der Waals surface area contributed by atoms with Gasteiger partial charge in [0.1, 0.15) is 18.1 Å². The molecule has 0 aliphatic carbocycles. The Balaban J connectivity index is 1.41. The zero-order chi connectivity index (χ0) is 25.2. The molecule has 1 N–H and O–H groups in total. The van der Waals surface area contributed by atoms with Gasteiger partial charge >= 0.3 is 0 Å². The number of halogens is 3. The number of nitrogens with one attached hydrogen (secondary N) is 1. The lowest BCUT2D eigenvalue weighted by Gasteiger charge is -2.31. The summed E-state index contributed by atoms with van der Waals surface area (Å²) in [4.78, 5) is 12.4. The molecular weight excluding hydrogens is 467 g/mol. The minimum absolute atomic E-state index is 0.0678. The van der Waals surface area contributed by atoms with Gasteiger partial charge in [-0.3, -0.25) is 0 Å². The number of anilines is 3. The molecule has 0 radical (unpaired) electrons. The average Bonchev–Trinajstić information content (AvgIpc) is 2.87. The summed E-state index contributed by atoms with van der Waals surface area (Å²) in [7, 11) is 2.07. The van der Waals surface area contributed by atoms with Gasteiger partial charge in [-0.15, -0.1) is 6.58 Å². The van der Waals surface area contributed by atoms with E-state index in [0.29, 0.717) is 36.6 Å². The minimum Gasteiger partial charge on any atom is -0.486 e. The van der Waals surface area contributed by atoms with Crippen molar-refractivity contribution in [3.63, 3.8) is 0 Å². The fourth-order valence-electron chi connectivity index (χ4n) is 4.83. The highest BCUT2D eigenvalue weighted by Crippen LogP contribution is 2.38. The summed E-state index contributed by atoms with van der Waals surface area (Å²) in [5.74, 6) is -1.20. The van der Waals surface area contributed by atoms with Crippen LogP contribution in [0.5, 0.6) is 5.75 Å². The molecule has 0 amide bonds. The third-order valence-electron chi connectivity index (χ3n) is 6.75. The minimum atomic E-state index is -0.698. The second-order valence-electron chi connectivity index (χ2n) is 9.22. The molecule has 1 saturated heterocycles. The van der Waals surface area contributed by atoms with Gasteiger partial charge in [0.2, 0.25) is 5.95 Å². The van der Waals surface area contributed by atoms with Gasteiger partial charge in [-0.2, -0.15) is 0 Å². The Morgan fingerprint density at radius 1 is 1.08 bits per heavy atom. The van der Waals surface area contributed by atoms with E-state index >= 15 is 0 Å². The largest absolute Gasteiger partial charge is 0.486 e. The average molecular weight is 496 g/mol. The van der Waals surface area contributed by atoms with Crippen molar-refractivity contribution in [3.05, 3.63) is 72.2 Å². The number of benzene rings is 2. The number of likely N-dealkylation sites (tertiary alicyclic amines) is 1. The van der Waals surface area contributed by atoms with Crippen LogP contribution in [0.25, 0.3) is 11.3 Å². The Labute approximate surface area is 208 Å². The molecule has 0 bridgehead atoms. The number of hydrogen-bond donors (Lipinski definition) is 1. The van der Waals surface area contributed by atoms with Crippen LogP contribution in [0.4, 0.5) is 30.5 Å². The molecule has 2 aliphatic heterocycles. The van der Waals surface area contributed by atoms with Gasteiger partial charge in [-0.1, -0.05) is 12.1 Å². The molecule has 36 heavy (non-hydrogen) atoms. The third kappa shape index (κ3) is 4.88. The van der Waals surface area contributed by atoms with E-state index in [2.05, 4.69) is 33.8 Å². The lowest BCUT2D eigenvalue weighted by Crippen LogP contribution is -2.33. The Bertz CT molecular complexity index is 1280. The van der Waals surface area contributed by atoms with E-state index in [1.807, 2.05) is 4.90 Å². The first-order valence-corrected chi connectivity index (χ1v) is 12.0. The summed E-state index contributed by atoms with van der Waals surface area (Å²) in [6, 6.07) is 7.80. The predicted molar refractivity (Wildman–Crippen MR) is 134 cm³/mol. The van der Waals surface area contributed by atoms with Gasteiger partial charge in [-0.05, 0) is 68.7 Å². The van der Waals surface area contributed by atoms with Gasteiger partial charge in [0, 0.05) is 17.8 Å². The summed E-state index contributed by atoms with van der Waals surface area (Å²) >= 11 is 0. The smallest absolute Gasteiger partial charge is 0.227 e. The molecule has 6 nitrogen and oxygen atoms in total. The lowest BCUT2D eigenvalue weighted by atomic mass is 9.89. The van der Waals surface area contributed by atoms with Crippen molar-refractivity contribution in [3.8, 4) is 17.0 Å². The zero-order valence-electron chi connectivity index (χ0n) is 20.1. The van der Waals surface area contributed by atoms with Crippen LogP contribution in [0, 0.1) is 17.5 Å². The Hall–Kier alpha value is -3.59. The first-order chi connectivity index (χ1) is 17.4. The summed E-state index contributed by atoms with van der Waals surface area (Å²) in [5, 5.41) is 2.95. The van der Waals surface area contributed by atoms with Crippen molar-refractivity contribution in [2.45, 2.75) is 18.8 Å². The van der Waals surface area contributed by atoms with Crippen molar-refractivity contribution < 1.29 is 17.9 Å². The van der Waals surface area contributed by atoms with Crippen molar-refractivity contribution in [1.82, 2.24) is 14.9 Å². The third-order valence-corrected chi connectivity index (χ3v) is 6.75. The molecular formula is C27H28F3N5O. The predicted octanol–water partition coefficient (Wildman–Crippen LogP) is 5.50. The van der Waals surface area contributed by atoms with Crippen LogP contribution in [-0.2, 0) is 0 Å². The summed E-state index contributed by atoms with van der Waals surface area (Å²) in [6.07, 6.45) is 4.56. The number of nitrogens with zero attached hydrogens (tertiary/aromatic N) is 4. The molecule has 3 heterocycles. The molecule has 0 atom stereocenters. The maximum atomic E-state index is 14.9. The zero-order valence-corrected chi connectivity index (χ0v) is 20.1. The summed E-state index contributed by atoms with van der Waals surface area (Å²) < 4.78 is 50.0. The number of fused-ring (bicyclic) bond motifs is 1. The van der Waals surface area contributed by atoms with E-state index < -0.39 is 11.6 Å². The molecule has 3 aromatic rings. The van der Waals surface area contributed by atoms with Crippen molar-refractivity contribution in [1.29, 1.82) is 0 Å². The molecule has 0 unspecified atom stereocenters. The molecule has 9 heteroatoms. The van der Waals surface area contributed by atoms with E-state index in [1.54, 1.807) is 24.3 Å². The van der Waals surface area contributed by atoms with E-state index in [0.717, 1.165) is 32.1 Å². The number of ether oxygens (including phenoxy) is 1. The van der Waals surface area contributed by atoms with Gasteiger partial charge in [0.05, 0.1) is 18.4 Å². The number of hydrogen-bond acceptors (Lipinski definition) is 6. The second-order valence-corrected chi connectivity index (χ2v) is 9.22. The second kappa shape index (κ2) is 10.2. The van der Waals surface area contributed by atoms with E-state index in [4.69, 9.17) is 4.74 Å². The van der Waals surface area contributed by atoms with Crippen LogP contribution in [0.15, 0.2) is 49.2 Å². The summed E-state index contributed by atoms with van der Waals surface area (Å²) in [6.45, 7) is 7.03. The maximum absolute atomic E-state index is 14.9. The van der Waals surface area contributed by atoms with Crippen LogP contribution >= 0.6 is 0 Å². The first-order valence-electron chi connectivity index (χ1n) is 12.0. The fourth-order valence-corrected chi connectivity index (χ4v) is 4.83. The standard InChI is InChI=1S/C27H28F3N5O/c1-3-8-35-11-12-36-26-22(29)13-18(14-24(26)35)25-23(30)16-31-27(33-25)32-19-4-5-20(21(28)15-19)17-6-9-34(2)10-7-17/h3-5,13-17H,1,6-12H2,2H3,(H,31,32,33). The van der Waals surface area contributed by atoms with Gasteiger partial charge in [0.25, 0.3) is 0 Å². The van der Waals surface area contributed by atoms with Crippen molar-refractivity contribution in [2.75, 3.05) is 50.1 Å². The van der Waals surface area contributed by atoms with Gasteiger partial charge < -0.3 is 19.9 Å².